The fourth-order valence-electron chi connectivity index (χ4n) is 3.62. The Hall–Kier alpha value is -4.39. The summed E-state index contributed by atoms with van der Waals surface area (Å²) >= 11 is 0. The van der Waals surface area contributed by atoms with Crippen LogP contribution in [0, 0.1) is 0 Å². The van der Waals surface area contributed by atoms with Gasteiger partial charge in [-0.1, -0.05) is 48.5 Å². The number of ketones is 1. The first kappa shape index (κ1) is 21.5. The maximum absolute atomic E-state index is 13.0. The molecule has 0 aliphatic heterocycles. The van der Waals surface area contributed by atoms with Crippen molar-refractivity contribution in [2.24, 2.45) is 0 Å². The molecule has 5 aromatic rings. The first-order valence-electron chi connectivity index (χ1n) is 10.4. The quantitative estimate of drug-likeness (QED) is 0.207. The number of alkyl halides is 3. The number of allylic oxidation sites excluding steroid dienone is 1. The Labute approximate surface area is 192 Å². The normalized spacial score (nSPS) is 12.0. The van der Waals surface area contributed by atoms with Crippen molar-refractivity contribution < 1.29 is 22.4 Å². The largest absolute Gasteiger partial charge is 0.454 e. The van der Waals surface area contributed by atoms with Gasteiger partial charge in [0.25, 0.3) is 0 Å². The zero-order chi connectivity index (χ0) is 23.7. The highest BCUT2D eigenvalue weighted by Crippen LogP contribution is 2.31. The summed E-state index contributed by atoms with van der Waals surface area (Å²) in [6.07, 6.45) is 0.00457. The molecule has 0 radical (unpaired) electrons. The summed E-state index contributed by atoms with van der Waals surface area (Å²) in [4.78, 5) is 12.7. The maximum atomic E-state index is 13.0. The molecule has 168 valence electrons. The van der Waals surface area contributed by atoms with Gasteiger partial charge in [-0.15, -0.1) is 0 Å². The summed E-state index contributed by atoms with van der Waals surface area (Å²) in [5, 5.41) is 5.56. The molecule has 0 fully saturated rings. The molecular weight excluding hydrogens is 441 g/mol. The molecule has 5 rings (SSSR count). The van der Waals surface area contributed by atoms with Crippen LogP contribution < -0.4 is 0 Å². The molecule has 2 heterocycles. The molecule has 0 unspecified atom stereocenters. The zero-order valence-corrected chi connectivity index (χ0v) is 17.7. The van der Waals surface area contributed by atoms with Gasteiger partial charge in [-0.05, 0) is 48.6 Å². The van der Waals surface area contributed by atoms with E-state index in [-0.39, 0.29) is 5.56 Å². The van der Waals surface area contributed by atoms with Crippen LogP contribution in [-0.2, 0) is 6.18 Å². The molecule has 0 aliphatic rings. The Morgan fingerprint density at radius 1 is 0.912 bits per heavy atom. The molecule has 4 nitrogen and oxygen atoms in total. The van der Waals surface area contributed by atoms with E-state index in [0.717, 1.165) is 23.2 Å². The molecule has 0 spiro atoms. The second-order valence-electron chi connectivity index (χ2n) is 7.64. The van der Waals surface area contributed by atoms with Gasteiger partial charge in [0, 0.05) is 22.7 Å². The third kappa shape index (κ3) is 4.28. The molecule has 0 saturated heterocycles. The Bertz CT molecular complexity index is 1480. The van der Waals surface area contributed by atoms with E-state index in [2.05, 4.69) is 5.10 Å². The van der Waals surface area contributed by atoms with E-state index in [4.69, 9.17) is 4.42 Å². The third-order valence-electron chi connectivity index (χ3n) is 5.31. The number of para-hydroxylation sites is 2. The van der Waals surface area contributed by atoms with E-state index in [1.807, 2.05) is 60.7 Å². The van der Waals surface area contributed by atoms with Crippen molar-refractivity contribution in [1.29, 1.82) is 0 Å². The van der Waals surface area contributed by atoms with Crippen LogP contribution in [-0.4, -0.2) is 15.6 Å². The minimum atomic E-state index is -4.52. The zero-order valence-electron chi connectivity index (χ0n) is 17.7. The lowest BCUT2D eigenvalue weighted by Crippen LogP contribution is -2.06. The minimum Gasteiger partial charge on any atom is -0.454 e. The number of benzene rings is 3. The van der Waals surface area contributed by atoms with Gasteiger partial charge in [-0.2, -0.15) is 18.3 Å². The highest BCUT2D eigenvalue weighted by atomic mass is 19.4. The fraction of sp³-hybridized carbons (Fsp3) is 0.0370. The topological polar surface area (TPSA) is 48.0 Å². The number of carbonyl (C=O) groups is 1. The van der Waals surface area contributed by atoms with Gasteiger partial charge in [-0.3, -0.25) is 4.79 Å². The number of furan rings is 1. The Balaban J connectivity index is 1.54. The van der Waals surface area contributed by atoms with E-state index in [1.54, 1.807) is 10.9 Å². The van der Waals surface area contributed by atoms with Gasteiger partial charge < -0.3 is 4.42 Å². The monoisotopic (exact) mass is 458 g/mol. The summed E-state index contributed by atoms with van der Waals surface area (Å²) in [6.45, 7) is 0. The van der Waals surface area contributed by atoms with Crippen LogP contribution in [0.5, 0.6) is 0 Å². The number of halogens is 3. The number of hydrogen-bond acceptors (Lipinski definition) is 3. The van der Waals surface area contributed by atoms with Crippen LogP contribution in [0.25, 0.3) is 34.2 Å². The second-order valence-corrected chi connectivity index (χ2v) is 7.64. The lowest BCUT2D eigenvalue weighted by Gasteiger charge is -2.07. The minimum absolute atomic E-state index is 0.0492. The average Bonchev–Trinajstić information content (AvgIpc) is 3.47. The Kier molecular flexibility index (Phi) is 5.37. The van der Waals surface area contributed by atoms with Gasteiger partial charge in [0.1, 0.15) is 11.3 Å². The lowest BCUT2D eigenvalue weighted by atomic mass is 10.1. The first-order valence-corrected chi connectivity index (χ1v) is 10.4. The second kappa shape index (κ2) is 8.51. The van der Waals surface area contributed by atoms with Crippen LogP contribution in [0.3, 0.4) is 0 Å². The van der Waals surface area contributed by atoms with E-state index in [9.17, 15) is 18.0 Å². The molecule has 34 heavy (non-hydrogen) atoms. The molecule has 7 heteroatoms. The molecule has 0 aliphatic carbocycles. The van der Waals surface area contributed by atoms with Gasteiger partial charge in [0.15, 0.2) is 11.5 Å². The standard InChI is InChI=1S/C27H17F3N2O2/c28-27(29,30)21-9-6-8-18(15-21)23(33)14-13-20-17-32(22-10-2-1-3-11-22)31-26(20)25-16-19-7-4-5-12-24(19)34-25/h1-17H. The van der Waals surface area contributed by atoms with Crippen LogP contribution in [0.1, 0.15) is 21.5 Å². The number of carbonyl (C=O) groups excluding carboxylic acids is 1. The van der Waals surface area contributed by atoms with Crippen molar-refractivity contribution in [3.05, 3.63) is 114 Å². The maximum Gasteiger partial charge on any atom is 0.416 e. The van der Waals surface area contributed by atoms with Crippen LogP contribution in [0.2, 0.25) is 0 Å². The molecule has 0 saturated carbocycles. The van der Waals surface area contributed by atoms with Crippen molar-refractivity contribution in [3.8, 4) is 17.1 Å². The smallest absolute Gasteiger partial charge is 0.416 e. The van der Waals surface area contributed by atoms with Gasteiger partial charge in [0.05, 0.1) is 11.3 Å². The molecule has 0 atom stereocenters. The Morgan fingerprint density at radius 2 is 1.68 bits per heavy atom. The van der Waals surface area contributed by atoms with E-state index in [1.165, 1.54) is 24.3 Å². The van der Waals surface area contributed by atoms with Crippen LogP contribution in [0.4, 0.5) is 13.2 Å². The molecule has 0 amide bonds. The summed E-state index contributed by atoms with van der Waals surface area (Å²) < 4.78 is 46.7. The number of rotatable bonds is 5. The van der Waals surface area contributed by atoms with Crippen molar-refractivity contribution in [3.63, 3.8) is 0 Å². The SMILES string of the molecule is O=C(C=Cc1cn(-c2ccccc2)nc1-c1cc2ccccc2o1)c1cccc(C(F)(F)F)c1. The number of nitrogens with zero attached hydrogens (tertiary/aromatic N) is 2. The molecule has 2 aromatic heterocycles. The van der Waals surface area contributed by atoms with Gasteiger partial charge in [-0.25, -0.2) is 4.68 Å². The van der Waals surface area contributed by atoms with E-state index in [0.29, 0.717) is 22.6 Å². The predicted molar refractivity (Wildman–Crippen MR) is 124 cm³/mol. The Morgan fingerprint density at radius 3 is 2.44 bits per heavy atom. The number of fused-ring (bicyclic) bond motifs is 1. The van der Waals surface area contributed by atoms with E-state index >= 15 is 0 Å². The third-order valence-corrected chi connectivity index (χ3v) is 5.31. The predicted octanol–water partition coefficient (Wildman–Crippen LogP) is 7.20. The van der Waals surface area contributed by atoms with E-state index < -0.39 is 17.5 Å². The van der Waals surface area contributed by atoms with Crippen LogP contribution in [0.15, 0.2) is 102 Å². The number of aromatic nitrogens is 2. The molecular formula is C27H17F3N2O2. The van der Waals surface area contributed by atoms with Gasteiger partial charge >= 0.3 is 6.18 Å². The lowest BCUT2D eigenvalue weighted by molar-refractivity contribution is -0.137. The highest BCUT2D eigenvalue weighted by Gasteiger charge is 2.30. The summed E-state index contributed by atoms with van der Waals surface area (Å²) in [6, 6.07) is 23.2. The van der Waals surface area contributed by atoms with Crippen molar-refractivity contribution in [2.45, 2.75) is 6.18 Å². The summed E-state index contributed by atoms with van der Waals surface area (Å²) in [5.41, 5.74) is 1.68. The molecule has 0 N–H and O–H groups in total. The summed E-state index contributed by atoms with van der Waals surface area (Å²) in [5.74, 6) is -0.0313. The fourth-order valence-corrected chi connectivity index (χ4v) is 3.62. The van der Waals surface area contributed by atoms with Crippen molar-refractivity contribution in [2.75, 3.05) is 0 Å². The summed E-state index contributed by atoms with van der Waals surface area (Å²) in [7, 11) is 0. The first-order chi connectivity index (χ1) is 16.4. The number of hydrogen-bond donors (Lipinski definition) is 0. The molecule has 3 aromatic carbocycles. The van der Waals surface area contributed by atoms with Gasteiger partial charge in [0.2, 0.25) is 0 Å². The average molecular weight is 458 g/mol. The van der Waals surface area contributed by atoms with Crippen LogP contribution >= 0.6 is 0 Å². The van der Waals surface area contributed by atoms with Crippen molar-refractivity contribution in [1.82, 2.24) is 9.78 Å². The van der Waals surface area contributed by atoms with Crippen molar-refractivity contribution >= 4 is 22.8 Å². The highest BCUT2D eigenvalue weighted by molar-refractivity contribution is 6.07. The molecule has 0 bridgehead atoms.